The largest absolute Gasteiger partial charge is 0.294 e. The molecule has 0 atom stereocenters. The summed E-state index contributed by atoms with van der Waals surface area (Å²) in [7, 11) is -1.48. The number of carbonyl (C=O) groups is 1. The first-order chi connectivity index (χ1) is 11.3. The van der Waals surface area contributed by atoms with Crippen molar-refractivity contribution >= 4 is 19.0 Å². The maximum absolute atomic E-state index is 13.0. The van der Waals surface area contributed by atoms with Crippen molar-refractivity contribution in [3.8, 4) is 0 Å². The highest BCUT2D eigenvalue weighted by Gasteiger charge is 2.35. The first-order valence-corrected chi connectivity index (χ1v) is 12.2. The van der Waals surface area contributed by atoms with Gasteiger partial charge in [-0.25, -0.2) is 0 Å². The molecule has 0 bridgehead atoms. The number of aryl methyl sites for hydroxylation is 2. The minimum absolute atomic E-state index is 0.213. The second-order valence-electron chi connectivity index (χ2n) is 8.41. The van der Waals surface area contributed by atoms with Crippen molar-refractivity contribution < 1.29 is 4.79 Å². The number of Topliss-reactive ketones (excluding diaryl/α,β-unsaturated/α-hetero) is 1. The molecule has 0 saturated heterocycles. The fraction of sp³-hybridized carbons (Fsp3) is 0.409. The first kappa shape index (κ1) is 17.2. The zero-order valence-electron chi connectivity index (χ0n) is 15.4. The van der Waals surface area contributed by atoms with E-state index in [0.717, 1.165) is 24.8 Å². The Morgan fingerprint density at radius 2 is 1.71 bits per heavy atom. The number of carbonyl (C=O) groups excluding carboxylic acids is 1. The van der Waals surface area contributed by atoms with Crippen LogP contribution in [-0.4, -0.2) is 13.9 Å². The summed E-state index contributed by atoms with van der Waals surface area (Å²) in [4.78, 5) is 13.0. The van der Waals surface area contributed by atoms with Gasteiger partial charge in [-0.1, -0.05) is 80.7 Å². The van der Waals surface area contributed by atoms with E-state index in [4.69, 9.17) is 0 Å². The van der Waals surface area contributed by atoms with E-state index in [1.165, 1.54) is 22.4 Å². The molecule has 0 N–H and O–H groups in total. The van der Waals surface area contributed by atoms with Crippen molar-refractivity contribution in [3.63, 3.8) is 0 Å². The Balaban J connectivity index is 1.86. The number of ketones is 1. The Labute approximate surface area is 147 Å². The van der Waals surface area contributed by atoms with Gasteiger partial charge in [0.2, 0.25) is 0 Å². The van der Waals surface area contributed by atoms with Gasteiger partial charge >= 0.3 is 0 Å². The van der Waals surface area contributed by atoms with Gasteiger partial charge in [-0.05, 0) is 36.4 Å². The molecule has 1 aliphatic carbocycles. The van der Waals surface area contributed by atoms with Gasteiger partial charge in [-0.15, -0.1) is 0 Å². The minimum atomic E-state index is -1.48. The molecule has 24 heavy (non-hydrogen) atoms. The molecular formula is C22H28OSi. The van der Waals surface area contributed by atoms with Gasteiger partial charge < -0.3 is 0 Å². The highest BCUT2D eigenvalue weighted by molar-refractivity contribution is 6.89. The van der Waals surface area contributed by atoms with Crippen molar-refractivity contribution in [2.75, 3.05) is 0 Å². The summed E-state index contributed by atoms with van der Waals surface area (Å²) < 4.78 is 0. The molecule has 1 aliphatic rings. The van der Waals surface area contributed by atoms with Gasteiger partial charge in [0.15, 0.2) is 5.78 Å². The summed E-state index contributed by atoms with van der Waals surface area (Å²) in [6, 6.07) is 18.5. The van der Waals surface area contributed by atoms with E-state index < -0.39 is 8.07 Å². The lowest BCUT2D eigenvalue weighted by molar-refractivity contribution is 0.0810. The lowest BCUT2D eigenvalue weighted by atomic mass is 9.72. The standard InChI is InChI=1S/C22H28OSi/c1-22(2)15-13-17-9-8-10-18(20(17)21(22)23)14-16-24(3,4)19-11-6-5-7-12-19/h5-12H,13-16H2,1-4H3. The Kier molecular flexibility index (Phi) is 4.52. The van der Waals surface area contributed by atoms with Crippen LogP contribution < -0.4 is 5.19 Å². The van der Waals surface area contributed by atoms with Gasteiger partial charge in [0, 0.05) is 11.0 Å². The van der Waals surface area contributed by atoms with Gasteiger partial charge in [0.25, 0.3) is 0 Å². The molecule has 126 valence electrons. The molecule has 0 unspecified atom stereocenters. The molecule has 0 spiro atoms. The van der Waals surface area contributed by atoms with Crippen molar-refractivity contribution in [1.29, 1.82) is 0 Å². The Morgan fingerprint density at radius 1 is 1.00 bits per heavy atom. The van der Waals surface area contributed by atoms with E-state index in [1.807, 2.05) is 0 Å². The summed E-state index contributed by atoms with van der Waals surface area (Å²) >= 11 is 0. The number of benzene rings is 2. The maximum atomic E-state index is 13.0. The van der Waals surface area contributed by atoms with Gasteiger partial charge in [-0.2, -0.15) is 0 Å². The molecule has 3 rings (SSSR count). The Morgan fingerprint density at radius 3 is 2.42 bits per heavy atom. The molecule has 0 saturated carbocycles. The number of hydrogen-bond donors (Lipinski definition) is 0. The topological polar surface area (TPSA) is 17.1 Å². The predicted octanol–water partition coefficient (Wildman–Crippen LogP) is 5.00. The van der Waals surface area contributed by atoms with Crippen LogP contribution in [-0.2, 0) is 12.8 Å². The molecule has 0 amide bonds. The minimum Gasteiger partial charge on any atom is -0.294 e. The second kappa shape index (κ2) is 6.32. The van der Waals surface area contributed by atoms with Crippen LogP contribution in [0.15, 0.2) is 48.5 Å². The van der Waals surface area contributed by atoms with Gasteiger partial charge in [0.05, 0.1) is 8.07 Å². The molecule has 2 heteroatoms. The molecule has 0 aromatic heterocycles. The van der Waals surface area contributed by atoms with Gasteiger partial charge in [0.1, 0.15) is 0 Å². The summed E-state index contributed by atoms with van der Waals surface area (Å²) in [5.41, 5.74) is 3.35. The molecule has 0 radical (unpaired) electrons. The monoisotopic (exact) mass is 336 g/mol. The smallest absolute Gasteiger partial charge is 0.169 e. The van der Waals surface area contributed by atoms with E-state index >= 15 is 0 Å². The van der Waals surface area contributed by atoms with Crippen LogP contribution in [0.4, 0.5) is 0 Å². The van der Waals surface area contributed by atoms with Crippen molar-refractivity contribution in [3.05, 3.63) is 65.2 Å². The summed E-state index contributed by atoms with van der Waals surface area (Å²) in [5, 5.41) is 1.50. The van der Waals surface area contributed by atoms with Crippen LogP contribution in [0.3, 0.4) is 0 Å². The van der Waals surface area contributed by atoms with Crippen LogP contribution in [0.5, 0.6) is 0 Å². The van der Waals surface area contributed by atoms with Crippen LogP contribution >= 0.6 is 0 Å². The third kappa shape index (κ3) is 3.25. The van der Waals surface area contributed by atoms with Crippen molar-refractivity contribution in [1.82, 2.24) is 0 Å². The molecule has 2 aromatic rings. The Hall–Kier alpha value is -1.67. The van der Waals surface area contributed by atoms with Crippen molar-refractivity contribution in [2.45, 2.75) is 52.2 Å². The number of fused-ring (bicyclic) bond motifs is 1. The van der Waals surface area contributed by atoms with Crippen LogP contribution in [0.2, 0.25) is 19.1 Å². The molecule has 1 nitrogen and oxygen atoms in total. The average molecular weight is 337 g/mol. The second-order valence-corrected chi connectivity index (χ2v) is 13.3. The fourth-order valence-electron chi connectivity index (χ4n) is 3.74. The van der Waals surface area contributed by atoms with E-state index in [0.29, 0.717) is 5.78 Å². The third-order valence-electron chi connectivity index (χ3n) is 5.67. The van der Waals surface area contributed by atoms with Crippen LogP contribution in [0.1, 0.15) is 41.8 Å². The normalized spacial score (nSPS) is 16.8. The average Bonchev–Trinajstić information content (AvgIpc) is 2.57. The highest BCUT2D eigenvalue weighted by atomic mass is 28.3. The van der Waals surface area contributed by atoms with Crippen LogP contribution in [0.25, 0.3) is 0 Å². The van der Waals surface area contributed by atoms with E-state index in [9.17, 15) is 4.79 Å². The Bertz CT molecular complexity index is 744. The number of rotatable bonds is 4. The molecular weight excluding hydrogens is 308 g/mol. The quantitative estimate of drug-likeness (QED) is 0.718. The van der Waals surface area contributed by atoms with E-state index in [2.05, 4.69) is 75.5 Å². The van der Waals surface area contributed by atoms with E-state index in [1.54, 1.807) is 0 Å². The SMILES string of the molecule is CC1(C)CCc2cccc(CC[Si](C)(C)c3ccccc3)c2C1=O. The lowest BCUT2D eigenvalue weighted by Gasteiger charge is -2.31. The molecule has 0 aliphatic heterocycles. The summed E-state index contributed by atoms with van der Waals surface area (Å²) in [6.45, 7) is 9.06. The van der Waals surface area contributed by atoms with Crippen LogP contribution in [0, 0.1) is 5.41 Å². The predicted molar refractivity (Wildman–Crippen MR) is 105 cm³/mol. The third-order valence-corrected chi connectivity index (χ3v) is 9.07. The van der Waals surface area contributed by atoms with E-state index in [-0.39, 0.29) is 5.41 Å². The lowest BCUT2D eigenvalue weighted by Crippen LogP contribution is -2.41. The molecule has 0 heterocycles. The maximum Gasteiger partial charge on any atom is 0.169 e. The molecule has 0 fully saturated rings. The summed E-state index contributed by atoms with van der Waals surface area (Å²) in [6.07, 6.45) is 3.01. The van der Waals surface area contributed by atoms with Crippen molar-refractivity contribution in [2.24, 2.45) is 5.41 Å². The number of hydrogen-bond acceptors (Lipinski definition) is 1. The van der Waals surface area contributed by atoms with Gasteiger partial charge in [-0.3, -0.25) is 4.79 Å². The highest BCUT2D eigenvalue weighted by Crippen LogP contribution is 2.36. The first-order valence-electron chi connectivity index (χ1n) is 9.02. The fourth-order valence-corrected chi connectivity index (χ4v) is 6.02. The summed E-state index contributed by atoms with van der Waals surface area (Å²) in [5.74, 6) is 0.346. The zero-order chi connectivity index (χ0) is 17.4. The zero-order valence-corrected chi connectivity index (χ0v) is 16.4. The molecule has 2 aromatic carbocycles.